The zero-order valence-corrected chi connectivity index (χ0v) is 16.6. The number of rotatable bonds is 4. The average Bonchev–Trinajstić information content (AvgIpc) is 3.35. The van der Waals surface area contributed by atoms with Crippen LogP contribution in [0.3, 0.4) is 0 Å². The van der Waals surface area contributed by atoms with Crippen LogP contribution in [0.15, 0.2) is 46.0 Å². The van der Waals surface area contributed by atoms with Crippen LogP contribution in [0.2, 0.25) is 0 Å². The maximum atomic E-state index is 13.0. The highest BCUT2D eigenvalue weighted by Crippen LogP contribution is 2.36. The predicted molar refractivity (Wildman–Crippen MR) is 114 cm³/mol. The lowest BCUT2D eigenvalue weighted by Gasteiger charge is -2.18. The van der Waals surface area contributed by atoms with Crippen molar-refractivity contribution in [1.29, 1.82) is 0 Å². The average molecular weight is 404 g/mol. The number of thiophene rings is 1. The summed E-state index contributed by atoms with van der Waals surface area (Å²) in [4.78, 5) is 22.2. The van der Waals surface area contributed by atoms with Crippen molar-refractivity contribution in [1.82, 2.24) is 24.6 Å². The molecular weight excluding hydrogens is 384 g/mol. The monoisotopic (exact) mass is 404 g/mol. The van der Waals surface area contributed by atoms with E-state index in [1.54, 1.807) is 17.5 Å². The third-order valence-corrected chi connectivity index (χ3v) is 6.29. The lowest BCUT2D eigenvalue weighted by molar-refractivity contribution is 0.561. The van der Waals surface area contributed by atoms with Gasteiger partial charge < -0.3 is 10.6 Å². The van der Waals surface area contributed by atoms with E-state index in [0.717, 1.165) is 43.7 Å². The maximum Gasteiger partial charge on any atom is 0.278 e. The molecule has 8 heteroatoms. The summed E-state index contributed by atoms with van der Waals surface area (Å²) in [6.45, 7) is 1.91. The number of hydrogen-bond donors (Lipinski definition) is 2. The van der Waals surface area contributed by atoms with Crippen molar-refractivity contribution in [3.05, 3.63) is 62.7 Å². The summed E-state index contributed by atoms with van der Waals surface area (Å²) in [6, 6.07) is 8.66. The molecule has 29 heavy (non-hydrogen) atoms. The molecule has 1 saturated carbocycles. The fourth-order valence-corrected chi connectivity index (χ4v) is 4.64. The van der Waals surface area contributed by atoms with E-state index in [2.05, 4.69) is 33.8 Å². The zero-order chi connectivity index (χ0) is 19.4. The number of nitrogens with zero attached hydrogens (tertiary/aromatic N) is 4. The first-order chi connectivity index (χ1) is 14.3. The van der Waals surface area contributed by atoms with Crippen molar-refractivity contribution in [3.63, 3.8) is 0 Å². The lowest BCUT2D eigenvalue weighted by atomic mass is 10.0. The van der Waals surface area contributed by atoms with Crippen molar-refractivity contribution < 1.29 is 0 Å². The number of aromatic nitrogens is 4. The Balaban J connectivity index is 1.44. The van der Waals surface area contributed by atoms with Crippen LogP contribution in [0.1, 0.15) is 30.0 Å². The Morgan fingerprint density at radius 2 is 2.14 bits per heavy atom. The van der Waals surface area contributed by atoms with Crippen molar-refractivity contribution >= 4 is 34.0 Å². The van der Waals surface area contributed by atoms with Gasteiger partial charge in [0.15, 0.2) is 5.65 Å². The van der Waals surface area contributed by atoms with Gasteiger partial charge in [0.05, 0.1) is 11.7 Å². The molecule has 7 nitrogen and oxygen atoms in total. The van der Waals surface area contributed by atoms with Gasteiger partial charge in [0, 0.05) is 23.8 Å². The molecular formula is C21H20N6OS. The Bertz CT molecular complexity index is 1270. The number of benzene rings is 1. The lowest BCUT2D eigenvalue weighted by Crippen LogP contribution is -2.23. The molecule has 146 valence electrons. The van der Waals surface area contributed by atoms with Crippen molar-refractivity contribution in [2.45, 2.75) is 31.8 Å². The minimum absolute atomic E-state index is 0.0138. The molecule has 2 aliphatic rings. The summed E-state index contributed by atoms with van der Waals surface area (Å²) >= 11 is 1.61. The van der Waals surface area contributed by atoms with Crippen molar-refractivity contribution in [2.75, 3.05) is 11.9 Å². The van der Waals surface area contributed by atoms with Crippen LogP contribution in [0.5, 0.6) is 0 Å². The van der Waals surface area contributed by atoms with Gasteiger partial charge in [-0.25, -0.2) is 14.3 Å². The summed E-state index contributed by atoms with van der Waals surface area (Å²) in [5.74, 6) is 0.498. The molecule has 1 aromatic carbocycles. The molecule has 0 amide bonds. The quantitative estimate of drug-likeness (QED) is 0.545. The summed E-state index contributed by atoms with van der Waals surface area (Å²) in [6.07, 6.45) is 4.76. The van der Waals surface area contributed by atoms with Gasteiger partial charge in [-0.3, -0.25) is 4.79 Å². The molecule has 2 N–H and O–H groups in total. The maximum absolute atomic E-state index is 13.0. The molecule has 0 radical (unpaired) electrons. The molecule has 0 bridgehead atoms. The highest BCUT2D eigenvalue weighted by molar-refractivity contribution is 7.08. The van der Waals surface area contributed by atoms with Crippen LogP contribution >= 0.6 is 11.3 Å². The Morgan fingerprint density at radius 1 is 1.21 bits per heavy atom. The smallest absolute Gasteiger partial charge is 0.278 e. The minimum Gasteiger partial charge on any atom is -0.324 e. The number of fused-ring (bicyclic) bond motifs is 2. The molecule has 1 aliphatic carbocycles. The van der Waals surface area contributed by atoms with E-state index in [9.17, 15) is 4.79 Å². The van der Waals surface area contributed by atoms with Crippen LogP contribution in [0.4, 0.5) is 11.6 Å². The Hall–Kier alpha value is -2.97. The molecule has 0 unspecified atom stereocenters. The normalized spacial score (nSPS) is 16.1. The van der Waals surface area contributed by atoms with Crippen LogP contribution in [0, 0.1) is 0 Å². The van der Waals surface area contributed by atoms with Crippen LogP contribution in [-0.2, 0) is 13.0 Å². The van der Waals surface area contributed by atoms with Crippen LogP contribution < -0.4 is 16.2 Å². The summed E-state index contributed by atoms with van der Waals surface area (Å²) in [5, 5.41) is 11.3. The van der Waals surface area contributed by atoms with E-state index in [1.165, 1.54) is 11.1 Å². The Kier molecular flexibility index (Phi) is 3.82. The van der Waals surface area contributed by atoms with E-state index in [4.69, 9.17) is 4.98 Å². The molecule has 0 spiro atoms. The van der Waals surface area contributed by atoms with E-state index in [-0.39, 0.29) is 11.6 Å². The minimum atomic E-state index is -0.0138. The highest BCUT2D eigenvalue weighted by Gasteiger charge is 2.30. The number of nitrogens with one attached hydrogen (secondary N) is 2. The third kappa shape index (κ3) is 2.87. The van der Waals surface area contributed by atoms with Crippen LogP contribution in [-0.4, -0.2) is 25.9 Å². The van der Waals surface area contributed by atoms with Gasteiger partial charge >= 0.3 is 0 Å². The zero-order valence-electron chi connectivity index (χ0n) is 15.8. The van der Waals surface area contributed by atoms with Crippen molar-refractivity contribution in [3.8, 4) is 5.69 Å². The molecule has 0 atom stereocenters. The van der Waals surface area contributed by atoms with Gasteiger partial charge in [-0.2, -0.15) is 16.3 Å². The van der Waals surface area contributed by atoms with Gasteiger partial charge in [0.2, 0.25) is 5.95 Å². The fourth-order valence-electron chi connectivity index (χ4n) is 4.02. The SMILES string of the molecule is O=c1c2cnc(Nc3ccc4c(c3)CNCC4)nc2n(-c2ccsc2)n1C1CC1. The van der Waals surface area contributed by atoms with Gasteiger partial charge in [-0.1, -0.05) is 6.07 Å². The second-order valence-corrected chi connectivity index (χ2v) is 8.42. The Labute approximate surface area is 171 Å². The standard InChI is InChI=1S/C21H20N6OS/c28-20-18-11-23-21(24-15-2-1-13-5-7-22-10-14(13)9-15)25-19(18)26(17-6-8-29-12-17)27(20)16-3-4-16/h1-2,6,8-9,11-12,16,22H,3-5,7,10H2,(H,23,24,25). The third-order valence-electron chi connectivity index (χ3n) is 5.62. The van der Waals surface area contributed by atoms with E-state index in [1.807, 2.05) is 26.2 Å². The highest BCUT2D eigenvalue weighted by atomic mass is 32.1. The van der Waals surface area contributed by atoms with Gasteiger partial charge in [0.1, 0.15) is 5.39 Å². The topological polar surface area (TPSA) is 76.8 Å². The second kappa shape index (κ2) is 6.53. The predicted octanol–water partition coefficient (Wildman–Crippen LogP) is 3.37. The van der Waals surface area contributed by atoms with E-state index >= 15 is 0 Å². The van der Waals surface area contributed by atoms with Crippen LogP contribution in [0.25, 0.3) is 16.7 Å². The largest absolute Gasteiger partial charge is 0.324 e. The van der Waals surface area contributed by atoms with E-state index < -0.39 is 0 Å². The van der Waals surface area contributed by atoms with Crippen molar-refractivity contribution in [2.24, 2.45) is 0 Å². The number of anilines is 2. The first-order valence-electron chi connectivity index (χ1n) is 9.90. The summed E-state index contributed by atoms with van der Waals surface area (Å²) < 4.78 is 3.80. The van der Waals surface area contributed by atoms with Gasteiger partial charge in [-0.05, 0) is 60.5 Å². The first-order valence-corrected chi connectivity index (χ1v) is 10.8. The molecule has 1 aliphatic heterocycles. The van der Waals surface area contributed by atoms with E-state index in [0.29, 0.717) is 17.0 Å². The second-order valence-electron chi connectivity index (χ2n) is 7.64. The Morgan fingerprint density at radius 3 is 2.97 bits per heavy atom. The first kappa shape index (κ1) is 16.9. The summed E-state index contributed by atoms with van der Waals surface area (Å²) in [7, 11) is 0. The molecule has 1 fully saturated rings. The fraction of sp³-hybridized carbons (Fsp3) is 0.286. The number of hydrogen-bond acceptors (Lipinski definition) is 6. The van der Waals surface area contributed by atoms with Gasteiger partial charge in [0.25, 0.3) is 5.56 Å². The molecule has 4 heterocycles. The molecule has 0 saturated heterocycles. The molecule has 3 aromatic heterocycles. The molecule has 4 aromatic rings. The van der Waals surface area contributed by atoms with Gasteiger partial charge in [-0.15, -0.1) is 0 Å². The molecule has 6 rings (SSSR count). The summed E-state index contributed by atoms with van der Waals surface area (Å²) in [5.41, 5.74) is 5.25.